The van der Waals surface area contributed by atoms with E-state index in [4.69, 9.17) is 9.84 Å². The van der Waals surface area contributed by atoms with Crippen molar-refractivity contribution in [1.82, 2.24) is 0 Å². The number of hydrogen-bond acceptors (Lipinski definition) is 3. The van der Waals surface area contributed by atoms with Crippen LogP contribution in [0.25, 0.3) is 0 Å². The highest BCUT2D eigenvalue weighted by molar-refractivity contribution is 5.89. The van der Waals surface area contributed by atoms with Gasteiger partial charge in [-0.25, -0.2) is 4.79 Å². The van der Waals surface area contributed by atoms with Gasteiger partial charge in [0.15, 0.2) is 0 Å². The average Bonchev–Trinajstić information content (AvgIpc) is 2.30. The Morgan fingerprint density at radius 1 is 1.38 bits per heavy atom. The third kappa shape index (κ3) is 2.45. The molecule has 0 saturated heterocycles. The number of aromatic carboxylic acids is 1. The van der Waals surface area contributed by atoms with Crippen LogP contribution in [-0.4, -0.2) is 31.3 Å². The monoisotopic (exact) mass is 223 g/mol. The molecule has 0 radical (unpaired) electrons. The largest absolute Gasteiger partial charge is 0.495 e. The van der Waals surface area contributed by atoms with Crippen molar-refractivity contribution in [2.75, 3.05) is 25.1 Å². The number of carbonyl (C=O) groups is 1. The predicted octanol–water partition coefficient (Wildman–Crippen LogP) is 2.24. The first kappa shape index (κ1) is 12.4. The summed E-state index contributed by atoms with van der Waals surface area (Å²) in [5, 5.41) is 8.94. The maximum atomic E-state index is 10.9. The SMILES string of the molecule is CCN(CC)c1cc(C(=O)O)ccc1OC. The summed E-state index contributed by atoms with van der Waals surface area (Å²) in [5.41, 5.74) is 1.11. The normalized spacial score (nSPS) is 9.94. The Kier molecular flexibility index (Phi) is 4.17. The fraction of sp³-hybridized carbons (Fsp3) is 0.417. The Morgan fingerprint density at radius 2 is 2.00 bits per heavy atom. The molecule has 1 rings (SSSR count). The van der Waals surface area contributed by atoms with Gasteiger partial charge < -0.3 is 14.7 Å². The van der Waals surface area contributed by atoms with E-state index < -0.39 is 5.97 Å². The van der Waals surface area contributed by atoms with Crippen molar-refractivity contribution in [3.63, 3.8) is 0 Å². The molecule has 0 aliphatic carbocycles. The molecule has 0 saturated carbocycles. The van der Waals surface area contributed by atoms with Gasteiger partial charge in [0.2, 0.25) is 0 Å². The summed E-state index contributed by atoms with van der Waals surface area (Å²) in [4.78, 5) is 13.0. The smallest absolute Gasteiger partial charge is 0.335 e. The number of hydrogen-bond donors (Lipinski definition) is 1. The van der Waals surface area contributed by atoms with E-state index in [0.29, 0.717) is 5.75 Å². The number of carboxylic acid groups (broad SMARTS) is 1. The zero-order valence-corrected chi connectivity index (χ0v) is 9.86. The van der Waals surface area contributed by atoms with Gasteiger partial charge in [-0.15, -0.1) is 0 Å². The molecule has 88 valence electrons. The fourth-order valence-corrected chi connectivity index (χ4v) is 1.63. The molecule has 1 N–H and O–H groups in total. The number of nitrogens with zero attached hydrogens (tertiary/aromatic N) is 1. The molecule has 0 aliphatic rings. The molecular formula is C12H17NO3. The zero-order chi connectivity index (χ0) is 12.1. The maximum Gasteiger partial charge on any atom is 0.335 e. The molecule has 1 aromatic rings. The summed E-state index contributed by atoms with van der Waals surface area (Å²) in [6.07, 6.45) is 0. The average molecular weight is 223 g/mol. The molecule has 0 aliphatic heterocycles. The van der Waals surface area contributed by atoms with Gasteiger partial charge in [0, 0.05) is 13.1 Å². The van der Waals surface area contributed by atoms with Crippen LogP contribution in [0.3, 0.4) is 0 Å². The van der Waals surface area contributed by atoms with Crippen molar-refractivity contribution in [3.8, 4) is 5.75 Å². The van der Waals surface area contributed by atoms with E-state index in [9.17, 15) is 4.79 Å². The lowest BCUT2D eigenvalue weighted by molar-refractivity contribution is 0.0697. The maximum absolute atomic E-state index is 10.9. The minimum atomic E-state index is -0.920. The highest BCUT2D eigenvalue weighted by Crippen LogP contribution is 2.29. The third-order valence-electron chi connectivity index (χ3n) is 2.53. The van der Waals surface area contributed by atoms with E-state index in [1.165, 1.54) is 0 Å². The Bertz CT molecular complexity index is 373. The molecule has 0 heterocycles. The second-order valence-corrected chi connectivity index (χ2v) is 3.36. The van der Waals surface area contributed by atoms with Crippen molar-refractivity contribution in [2.24, 2.45) is 0 Å². The Balaban J connectivity index is 3.20. The Hall–Kier alpha value is -1.71. The Morgan fingerprint density at radius 3 is 2.44 bits per heavy atom. The van der Waals surface area contributed by atoms with E-state index >= 15 is 0 Å². The van der Waals surface area contributed by atoms with E-state index in [2.05, 4.69) is 4.90 Å². The number of rotatable bonds is 5. The van der Waals surface area contributed by atoms with Crippen LogP contribution < -0.4 is 9.64 Å². The van der Waals surface area contributed by atoms with Gasteiger partial charge in [0.25, 0.3) is 0 Å². The standard InChI is InChI=1S/C12H17NO3/c1-4-13(5-2)10-8-9(12(14)15)6-7-11(10)16-3/h6-8H,4-5H2,1-3H3,(H,14,15). The van der Waals surface area contributed by atoms with E-state index in [1.54, 1.807) is 25.3 Å². The van der Waals surface area contributed by atoms with Crippen LogP contribution in [-0.2, 0) is 0 Å². The van der Waals surface area contributed by atoms with E-state index in [0.717, 1.165) is 18.8 Å². The molecular weight excluding hydrogens is 206 g/mol. The van der Waals surface area contributed by atoms with Crippen molar-refractivity contribution in [1.29, 1.82) is 0 Å². The van der Waals surface area contributed by atoms with Gasteiger partial charge in [-0.1, -0.05) is 0 Å². The second-order valence-electron chi connectivity index (χ2n) is 3.36. The lowest BCUT2D eigenvalue weighted by atomic mass is 10.1. The van der Waals surface area contributed by atoms with Gasteiger partial charge in [-0.3, -0.25) is 0 Å². The second kappa shape index (κ2) is 5.39. The van der Waals surface area contributed by atoms with Gasteiger partial charge in [0.1, 0.15) is 5.75 Å². The molecule has 0 spiro atoms. The molecule has 0 fully saturated rings. The third-order valence-corrected chi connectivity index (χ3v) is 2.53. The van der Waals surface area contributed by atoms with Gasteiger partial charge >= 0.3 is 5.97 Å². The van der Waals surface area contributed by atoms with Crippen LogP contribution >= 0.6 is 0 Å². The molecule has 1 aromatic carbocycles. The predicted molar refractivity (Wildman–Crippen MR) is 63.5 cm³/mol. The molecule has 4 nitrogen and oxygen atoms in total. The van der Waals surface area contributed by atoms with Crippen LogP contribution in [0, 0.1) is 0 Å². The number of anilines is 1. The summed E-state index contributed by atoms with van der Waals surface area (Å²) < 4.78 is 5.23. The quantitative estimate of drug-likeness (QED) is 0.831. The van der Waals surface area contributed by atoms with Gasteiger partial charge in [-0.2, -0.15) is 0 Å². The number of methoxy groups -OCH3 is 1. The minimum Gasteiger partial charge on any atom is -0.495 e. The fourth-order valence-electron chi connectivity index (χ4n) is 1.63. The van der Waals surface area contributed by atoms with E-state index in [-0.39, 0.29) is 5.56 Å². The number of carboxylic acids is 1. The molecule has 16 heavy (non-hydrogen) atoms. The summed E-state index contributed by atoms with van der Waals surface area (Å²) >= 11 is 0. The van der Waals surface area contributed by atoms with Crippen molar-refractivity contribution in [2.45, 2.75) is 13.8 Å². The first-order valence-electron chi connectivity index (χ1n) is 5.30. The lowest BCUT2D eigenvalue weighted by Crippen LogP contribution is -2.22. The Labute approximate surface area is 95.5 Å². The summed E-state index contributed by atoms with van der Waals surface area (Å²) in [5.74, 6) is -0.218. The summed E-state index contributed by atoms with van der Waals surface area (Å²) in [6.45, 7) is 5.68. The highest BCUT2D eigenvalue weighted by atomic mass is 16.5. The van der Waals surface area contributed by atoms with Crippen molar-refractivity contribution < 1.29 is 14.6 Å². The molecule has 0 unspecified atom stereocenters. The molecule has 4 heteroatoms. The van der Waals surface area contributed by atoms with Crippen LogP contribution in [0.4, 0.5) is 5.69 Å². The zero-order valence-electron chi connectivity index (χ0n) is 9.86. The van der Waals surface area contributed by atoms with Crippen LogP contribution in [0.5, 0.6) is 5.75 Å². The molecule has 0 atom stereocenters. The van der Waals surface area contributed by atoms with Gasteiger partial charge in [0.05, 0.1) is 18.4 Å². The van der Waals surface area contributed by atoms with E-state index in [1.807, 2.05) is 13.8 Å². The van der Waals surface area contributed by atoms with Crippen LogP contribution in [0.15, 0.2) is 18.2 Å². The first-order chi connectivity index (χ1) is 7.63. The molecule has 0 amide bonds. The number of benzene rings is 1. The highest BCUT2D eigenvalue weighted by Gasteiger charge is 2.12. The molecule has 0 aromatic heterocycles. The first-order valence-corrected chi connectivity index (χ1v) is 5.30. The summed E-state index contributed by atoms with van der Waals surface area (Å²) in [6, 6.07) is 4.89. The topological polar surface area (TPSA) is 49.8 Å². The van der Waals surface area contributed by atoms with Gasteiger partial charge in [-0.05, 0) is 32.0 Å². The van der Waals surface area contributed by atoms with Crippen LogP contribution in [0.1, 0.15) is 24.2 Å². The molecule has 0 bridgehead atoms. The van der Waals surface area contributed by atoms with Crippen molar-refractivity contribution in [3.05, 3.63) is 23.8 Å². The number of ether oxygens (including phenoxy) is 1. The van der Waals surface area contributed by atoms with Crippen molar-refractivity contribution >= 4 is 11.7 Å². The van der Waals surface area contributed by atoms with Crippen LogP contribution in [0.2, 0.25) is 0 Å². The minimum absolute atomic E-state index is 0.280. The summed E-state index contributed by atoms with van der Waals surface area (Å²) in [7, 11) is 1.59. The lowest BCUT2D eigenvalue weighted by Gasteiger charge is -2.23.